The number of nitrogens with one attached hydrogen (secondary N) is 1. The van der Waals surface area contributed by atoms with Crippen LogP contribution in [0.15, 0.2) is 30.3 Å². The monoisotopic (exact) mass is 369 g/mol. The first kappa shape index (κ1) is 21.4. The topological polar surface area (TPSA) is 84.7 Å². The zero-order valence-corrected chi connectivity index (χ0v) is 15.8. The highest BCUT2D eigenvalue weighted by atomic mass is 35.5. The van der Waals surface area contributed by atoms with Crippen LogP contribution in [0, 0.1) is 5.92 Å². The van der Waals surface area contributed by atoms with Crippen LogP contribution in [0.5, 0.6) is 0 Å². The Bertz CT molecular complexity index is 568. The van der Waals surface area contributed by atoms with Crippen LogP contribution in [-0.4, -0.2) is 55.6 Å². The van der Waals surface area contributed by atoms with Gasteiger partial charge < -0.3 is 20.7 Å². The van der Waals surface area contributed by atoms with Gasteiger partial charge in [-0.05, 0) is 11.5 Å². The summed E-state index contributed by atoms with van der Waals surface area (Å²) in [7, 11) is 1.45. The summed E-state index contributed by atoms with van der Waals surface area (Å²) in [5, 5.41) is 2.77. The molecule has 0 bridgehead atoms. The molecule has 6 nitrogen and oxygen atoms in total. The average Bonchev–Trinajstić information content (AvgIpc) is 2.95. The summed E-state index contributed by atoms with van der Waals surface area (Å²) in [4.78, 5) is 26.4. The highest BCUT2D eigenvalue weighted by molar-refractivity contribution is 5.88. The maximum Gasteiger partial charge on any atom is 0.246 e. The Balaban J connectivity index is 0.00000312. The van der Waals surface area contributed by atoms with Crippen LogP contribution in [0.1, 0.15) is 25.3 Å². The van der Waals surface area contributed by atoms with E-state index in [9.17, 15) is 9.59 Å². The summed E-state index contributed by atoms with van der Waals surface area (Å²) in [6, 6.07) is 9.35. The van der Waals surface area contributed by atoms with Crippen LogP contribution in [0.4, 0.5) is 0 Å². The first-order valence-corrected chi connectivity index (χ1v) is 8.31. The van der Waals surface area contributed by atoms with Gasteiger partial charge in [-0.1, -0.05) is 44.2 Å². The number of methoxy groups -OCH3 is 1. The van der Waals surface area contributed by atoms with Gasteiger partial charge in [0.15, 0.2) is 0 Å². The van der Waals surface area contributed by atoms with Crippen LogP contribution >= 0.6 is 12.4 Å². The Morgan fingerprint density at radius 1 is 1.28 bits per heavy atom. The quantitative estimate of drug-likeness (QED) is 0.787. The molecule has 1 aromatic rings. The van der Waals surface area contributed by atoms with Crippen molar-refractivity contribution in [2.45, 2.75) is 31.8 Å². The molecule has 3 atom stereocenters. The number of nitrogens with zero attached hydrogens (tertiary/aromatic N) is 1. The normalized spacial score (nSPS) is 20.9. The predicted octanol–water partition coefficient (Wildman–Crippen LogP) is 1.15. The molecule has 0 unspecified atom stereocenters. The number of nitrogens with two attached hydrogens (primary N) is 1. The van der Waals surface area contributed by atoms with Crippen LogP contribution in [0.2, 0.25) is 0 Å². The fraction of sp³-hybridized carbons (Fsp3) is 0.556. The lowest BCUT2D eigenvalue weighted by molar-refractivity contribution is -0.137. The predicted molar refractivity (Wildman–Crippen MR) is 99.6 cm³/mol. The van der Waals surface area contributed by atoms with Gasteiger partial charge in [0.05, 0.1) is 0 Å². The van der Waals surface area contributed by atoms with Crippen molar-refractivity contribution in [1.29, 1.82) is 0 Å². The Kier molecular flexibility index (Phi) is 8.35. The standard InChI is InChI=1S/C18H27N3O3.ClH/c1-12(2)17(20-16(22)11-24-3)18(23)21-9-14(15(19)10-21)13-7-5-4-6-8-13;/h4-8,12,14-15,17H,9-11,19H2,1-3H3,(H,20,22);1H/t14-,15+,17-;/m0./s1. The summed E-state index contributed by atoms with van der Waals surface area (Å²) in [5.74, 6) is -0.251. The molecule has 1 heterocycles. The van der Waals surface area contributed by atoms with Gasteiger partial charge in [0.25, 0.3) is 0 Å². The van der Waals surface area contributed by atoms with E-state index in [0.717, 1.165) is 5.56 Å². The highest BCUT2D eigenvalue weighted by Crippen LogP contribution is 2.27. The number of amides is 2. The summed E-state index contributed by atoms with van der Waals surface area (Å²) in [5.41, 5.74) is 7.41. The second kappa shape index (κ2) is 9.75. The molecule has 1 saturated heterocycles. The molecule has 2 amide bonds. The van der Waals surface area contributed by atoms with E-state index in [0.29, 0.717) is 13.1 Å². The number of carbonyl (C=O) groups is 2. The minimum atomic E-state index is -0.561. The summed E-state index contributed by atoms with van der Waals surface area (Å²) in [6.07, 6.45) is 0. The fourth-order valence-corrected chi connectivity index (χ4v) is 3.12. The molecule has 1 aromatic carbocycles. The number of benzene rings is 1. The number of hydrogen-bond donors (Lipinski definition) is 2. The number of carbonyl (C=O) groups excluding carboxylic acids is 2. The van der Waals surface area contributed by atoms with Crippen molar-refractivity contribution in [3.8, 4) is 0 Å². The van der Waals surface area contributed by atoms with Crippen LogP contribution in [-0.2, 0) is 14.3 Å². The molecule has 3 N–H and O–H groups in total. The fourth-order valence-electron chi connectivity index (χ4n) is 3.12. The van der Waals surface area contributed by atoms with Crippen molar-refractivity contribution in [3.63, 3.8) is 0 Å². The lowest BCUT2D eigenvalue weighted by atomic mass is 9.95. The molecule has 7 heteroatoms. The largest absolute Gasteiger partial charge is 0.375 e. The third-order valence-corrected chi connectivity index (χ3v) is 4.43. The van der Waals surface area contributed by atoms with Crippen molar-refractivity contribution < 1.29 is 14.3 Å². The van der Waals surface area contributed by atoms with Crippen LogP contribution in [0.25, 0.3) is 0 Å². The summed E-state index contributed by atoms with van der Waals surface area (Å²) >= 11 is 0. The summed E-state index contributed by atoms with van der Waals surface area (Å²) in [6.45, 7) is 4.86. The molecule has 0 saturated carbocycles. The van der Waals surface area contributed by atoms with E-state index >= 15 is 0 Å². The van der Waals surface area contributed by atoms with Gasteiger partial charge in [-0.25, -0.2) is 0 Å². The van der Waals surface area contributed by atoms with Gasteiger partial charge in [-0.15, -0.1) is 12.4 Å². The van der Waals surface area contributed by atoms with Crippen molar-refractivity contribution >= 4 is 24.2 Å². The van der Waals surface area contributed by atoms with E-state index in [-0.39, 0.29) is 48.7 Å². The SMILES string of the molecule is COCC(=O)N[C@H](C(=O)N1C[C@@H](N)[C@H](c2ccccc2)C1)C(C)C.Cl. The van der Waals surface area contributed by atoms with E-state index in [2.05, 4.69) is 5.32 Å². The molecule has 0 spiro atoms. The Morgan fingerprint density at radius 3 is 2.48 bits per heavy atom. The van der Waals surface area contributed by atoms with E-state index in [4.69, 9.17) is 10.5 Å². The lowest BCUT2D eigenvalue weighted by Gasteiger charge is -2.27. The van der Waals surface area contributed by atoms with E-state index in [1.54, 1.807) is 4.90 Å². The van der Waals surface area contributed by atoms with Crippen molar-refractivity contribution in [3.05, 3.63) is 35.9 Å². The lowest BCUT2D eigenvalue weighted by Crippen LogP contribution is -2.51. The molecule has 2 rings (SSSR count). The zero-order chi connectivity index (χ0) is 17.7. The zero-order valence-electron chi connectivity index (χ0n) is 15.0. The minimum absolute atomic E-state index is 0. The molecule has 25 heavy (non-hydrogen) atoms. The third kappa shape index (κ3) is 5.42. The Labute approximate surface area is 155 Å². The highest BCUT2D eigenvalue weighted by Gasteiger charge is 2.37. The second-order valence-electron chi connectivity index (χ2n) is 6.65. The van der Waals surface area contributed by atoms with Gasteiger partial charge in [-0.2, -0.15) is 0 Å². The maximum atomic E-state index is 12.9. The number of likely N-dealkylation sites (tertiary alicyclic amines) is 1. The first-order valence-electron chi connectivity index (χ1n) is 8.31. The molecule has 0 aliphatic carbocycles. The van der Waals surface area contributed by atoms with Crippen molar-refractivity contribution in [2.75, 3.05) is 26.8 Å². The van der Waals surface area contributed by atoms with E-state index in [1.807, 2.05) is 44.2 Å². The smallest absolute Gasteiger partial charge is 0.246 e. The third-order valence-electron chi connectivity index (χ3n) is 4.43. The minimum Gasteiger partial charge on any atom is -0.375 e. The number of ether oxygens (including phenoxy) is 1. The van der Waals surface area contributed by atoms with Gasteiger partial charge in [0, 0.05) is 32.2 Å². The van der Waals surface area contributed by atoms with Crippen LogP contribution < -0.4 is 11.1 Å². The molecule has 0 aromatic heterocycles. The molecule has 1 fully saturated rings. The van der Waals surface area contributed by atoms with E-state index in [1.165, 1.54) is 7.11 Å². The van der Waals surface area contributed by atoms with Gasteiger partial charge in [0.2, 0.25) is 11.8 Å². The number of halogens is 1. The van der Waals surface area contributed by atoms with E-state index < -0.39 is 6.04 Å². The van der Waals surface area contributed by atoms with Crippen LogP contribution in [0.3, 0.4) is 0 Å². The maximum absolute atomic E-state index is 12.9. The Morgan fingerprint density at radius 2 is 1.92 bits per heavy atom. The van der Waals surface area contributed by atoms with Crippen molar-refractivity contribution in [2.24, 2.45) is 11.7 Å². The van der Waals surface area contributed by atoms with Gasteiger partial charge in [0.1, 0.15) is 12.6 Å². The molecular weight excluding hydrogens is 342 g/mol. The van der Waals surface area contributed by atoms with Gasteiger partial charge in [-0.3, -0.25) is 9.59 Å². The average molecular weight is 370 g/mol. The second-order valence-corrected chi connectivity index (χ2v) is 6.65. The molecule has 1 aliphatic heterocycles. The first-order chi connectivity index (χ1) is 11.4. The number of hydrogen-bond acceptors (Lipinski definition) is 4. The number of rotatable bonds is 6. The molecule has 140 valence electrons. The van der Waals surface area contributed by atoms with Crippen molar-refractivity contribution in [1.82, 2.24) is 10.2 Å². The molecule has 0 radical (unpaired) electrons. The Hall–Kier alpha value is -1.63. The molecule has 1 aliphatic rings. The summed E-state index contributed by atoms with van der Waals surface area (Å²) < 4.78 is 4.82. The molecular formula is C18H28ClN3O3. The van der Waals surface area contributed by atoms with Gasteiger partial charge >= 0.3 is 0 Å².